The molecule has 6 heteroatoms. The van der Waals surface area contributed by atoms with E-state index in [1.807, 2.05) is 0 Å². The number of rotatable bonds is 18. The van der Waals surface area contributed by atoms with E-state index in [1.54, 1.807) is 6.92 Å². The smallest absolute Gasteiger partial charge is 0.305 e. The highest BCUT2D eigenvalue weighted by molar-refractivity contribution is 5.69. The van der Waals surface area contributed by atoms with Gasteiger partial charge in [-0.15, -0.1) is 0 Å². The van der Waals surface area contributed by atoms with Crippen molar-refractivity contribution in [2.75, 3.05) is 19.8 Å². The highest BCUT2D eigenvalue weighted by atomic mass is 16.6. The van der Waals surface area contributed by atoms with Gasteiger partial charge in [0.05, 0.1) is 19.3 Å². The number of carbonyl (C=O) groups is 1. The first-order chi connectivity index (χ1) is 12.5. The van der Waals surface area contributed by atoms with Crippen LogP contribution in [0.3, 0.4) is 0 Å². The zero-order valence-corrected chi connectivity index (χ0v) is 16.7. The summed E-state index contributed by atoms with van der Waals surface area (Å²) in [7, 11) is 0. The van der Waals surface area contributed by atoms with E-state index in [0.717, 1.165) is 19.3 Å². The molecule has 0 aliphatic rings. The molecule has 0 aliphatic carbocycles. The van der Waals surface area contributed by atoms with Crippen LogP contribution in [-0.4, -0.2) is 59.4 Å². The summed E-state index contributed by atoms with van der Waals surface area (Å²) >= 11 is 0. The van der Waals surface area contributed by atoms with Crippen molar-refractivity contribution in [1.82, 2.24) is 0 Å². The van der Waals surface area contributed by atoms with Gasteiger partial charge in [-0.1, -0.05) is 64.7 Å². The van der Waals surface area contributed by atoms with Crippen molar-refractivity contribution in [2.24, 2.45) is 0 Å². The van der Waals surface area contributed by atoms with Gasteiger partial charge in [0, 0.05) is 6.42 Å². The van der Waals surface area contributed by atoms with Crippen molar-refractivity contribution in [3.63, 3.8) is 0 Å². The summed E-state index contributed by atoms with van der Waals surface area (Å²) in [6.45, 7) is 3.18. The summed E-state index contributed by atoms with van der Waals surface area (Å²) in [6.07, 6.45) is 9.75. The SMILES string of the molecule is CCCCCCCCCCCCC(=O)OCC(O)[C@H](CO)OC[C@H](C)O. The third kappa shape index (κ3) is 15.6. The van der Waals surface area contributed by atoms with Gasteiger partial charge < -0.3 is 24.8 Å². The van der Waals surface area contributed by atoms with E-state index in [1.165, 1.54) is 44.9 Å². The van der Waals surface area contributed by atoms with Crippen molar-refractivity contribution in [1.29, 1.82) is 0 Å². The Morgan fingerprint density at radius 3 is 1.92 bits per heavy atom. The molecule has 0 radical (unpaired) electrons. The van der Waals surface area contributed by atoms with E-state index < -0.39 is 24.9 Å². The van der Waals surface area contributed by atoms with Crippen LogP contribution in [0.2, 0.25) is 0 Å². The molecule has 156 valence electrons. The van der Waals surface area contributed by atoms with E-state index in [2.05, 4.69) is 6.92 Å². The van der Waals surface area contributed by atoms with Crippen LogP contribution in [0.25, 0.3) is 0 Å². The van der Waals surface area contributed by atoms with E-state index in [0.29, 0.717) is 6.42 Å². The third-order valence-corrected chi connectivity index (χ3v) is 4.31. The number of hydrogen-bond donors (Lipinski definition) is 3. The highest BCUT2D eigenvalue weighted by Gasteiger charge is 2.21. The number of hydrogen-bond acceptors (Lipinski definition) is 6. The van der Waals surface area contributed by atoms with Gasteiger partial charge in [-0.25, -0.2) is 0 Å². The molecule has 0 spiro atoms. The topological polar surface area (TPSA) is 96.2 Å². The molecule has 0 aromatic carbocycles. The van der Waals surface area contributed by atoms with Crippen LogP contribution in [0.1, 0.15) is 84.5 Å². The number of carbonyl (C=O) groups excluding carboxylic acids is 1. The molecule has 3 N–H and O–H groups in total. The number of ether oxygens (including phenoxy) is 2. The Labute approximate surface area is 158 Å². The summed E-state index contributed by atoms with van der Waals surface area (Å²) in [5.74, 6) is -0.337. The second-order valence-electron chi connectivity index (χ2n) is 7.09. The normalized spacial score (nSPS) is 14.8. The summed E-state index contributed by atoms with van der Waals surface area (Å²) in [5, 5.41) is 28.2. The Bertz CT molecular complexity index is 321. The molecular weight excluding hydrogens is 336 g/mol. The molecule has 0 aliphatic heterocycles. The molecule has 1 unspecified atom stereocenters. The average Bonchev–Trinajstić information content (AvgIpc) is 2.61. The van der Waals surface area contributed by atoms with Gasteiger partial charge in [0.1, 0.15) is 18.8 Å². The third-order valence-electron chi connectivity index (χ3n) is 4.31. The van der Waals surface area contributed by atoms with Gasteiger partial charge in [-0.2, -0.15) is 0 Å². The molecule has 0 bridgehead atoms. The van der Waals surface area contributed by atoms with Gasteiger partial charge in [0.2, 0.25) is 0 Å². The standard InChI is InChI=1S/C20H40O6/c1-3-4-5-6-7-8-9-10-11-12-13-20(24)26-16-18(23)19(14-21)25-15-17(2)22/h17-19,21-23H,3-16H2,1-2H3/t17-,18?,19-/m0/s1. The number of aliphatic hydroxyl groups is 3. The van der Waals surface area contributed by atoms with Crippen molar-refractivity contribution < 1.29 is 29.6 Å². The Kier molecular flexibility index (Phi) is 17.2. The average molecular weight is 377 g/mol. The summed E-state index contributed by atoms with van der Waals surface area (Å²) in [5.41, 5.74) is 0. The predicted molar refractivity (Wildman–Crippen MR) is 102 cm³/mol. The van der Waals surface area contributed by atoms with Crippen LogP contribution in [-0.2, 0) is 14.3 Å². The summed E-state index contributed by atoms with van der Waals surface area (Å²) < 4.78 is 10.2. The van der Waals surface area contributed by atoms with Gasteiger partial charge >= 0.3 is 5.97 Å². The molecule has 0 heterocycles. The van der Waals surface area contributed by atoms with Gasteiger partial charge in [0.15, 0.2) is 0 Å². The quantitative estimate of drug-likeness (QED) is 0.251. The van der Waals surface area contributed by atoms with Gasteiger partial charge in [-0.3, -0.25) is 4.79 Å². The molecule has 0 rings (SSSR count). The van der Waals surface area contributed by atoms with Crippen LogP contribution < -0.4 is 0 Å². The Balaban J connectivity index is 3.58. The van der Waals surface area contributed by atoms with Crippen LogP contribution in [0.4, 0.5) is 0 Å². The Morgan fingerprint density at radius 2 is 1.42 bits per heavy atom. The van der Waals surface area contributed by atoms with Crippen molar-refractivity contribution in [3.8, 4) is 0 Å². The monoisotopic (exact) mass is 376 g/mol. The summed E-state index contributed by atoms with van der Waals surface area (Å²) in [4.78, 5) is 11.7. The molecule has 26 heavy (non-hydrogen) atoms. The van der Waals surface area contributed by atoms with Crippen molar-refractivity contribution in [3.05, 3.63) is 0 Å². The second kappa shape index (κ2) is 17.7. The van der Waals surface area contributed by atoms with E-state index >= 15 is 0 Å². The lowest BCUT2D eigenvalue weighted by Crippen LogP contribution is -2.38. The van der Waals surface area contributed by atoms with Crippen molar-refractivity contribution >= 4 is 5.97 Å². The Hall–Kier alpha value is -0.690. The fourth-order valence-corrected chi connectivity index (χ4v) is 2.66. The zero-order valence-electron chi connectivity index (χ0n) is 16.7. The fourth-order valence-electron chi connectivity index (χ4n) is 2.66. The van der Waals surface area contributed by atoms with Gasteiger partial charge in [-0.05, 0) is 13.3 Å². The van der Waals surface area contributed by atoms with Crippen LogP contribution in [0.15, 0.2) is 0 Å². The van der Waals surface area contributed by atoms with Crippen LogP contribution >= 0.6 is 0 Å². The van der Waals surface area contributed by atoms with E-state index in [4.69, 9.17) is 14.6 Å². The molecule has 3 atom stereocenters. The molecule has 0 saturated heterocycles. The van der Waals surface area contributed by atoms with Crippen LogP contribution in [0.5, 0.6) is 0 Å². The fraction of sp³-hybridized carbons (Fsp3) is 0.950. The number of esters is 1. The lowest BCUT2D eigenvalue weighted by atomic mass is 10.1. The first-order valence-electron chi connectivity index (χ1n) is 10.3. The van der Waals surface area contributed by atoms with Crippen LogP contribution in [0, 0.1) is 0 Å². The maximum atomic E-state index is 11.7. The molecule has 0 amide bonds. The largest absolute Gasteiger partial charge is 0.463 e. The maximum Gasteiger partial charge on any atom is 0.305 e. The van der Waals surface area contributed by atoms with E-state index in [9.17, 15) is 15.0 Å². The minimum absolute atomic E-state index is 0.00877. The van der Waals surface area contributed by atoms with Gasteiger partial charge in [0.25, 0.3) is 0 Å². The zero-order chi connectivity index (χ0) is 19.6. The summed E-state index contributed by atoms with van der Waals surface area (Å²) in [6, 6.07) is 0. The lowest BCUT2D eigenvalue weighted by Gasteiger charge is -2.22. The molecule has 0 fully saturated rings. The van der Waals surface area contributed by atoms with E-state index in [-0.39, 0.29) is 19.2 Å². The highest BCUT2D eigenvalue weighted by Crippen LogP contribution is 2.11. The predicted octanol–water partition coefficient (Wildman–Crippen LogP) is 2.96. The lowest BCUT2D eigenvalue weighted by molar-refractivity contribution is -0.153. The molecular formula is C20H40O6. The number of aliphatic hydroxyl groups excluding tert-OH is 3. The molecule has 0 saturated carbocycles. The minimum Gasteiger partial charge on any atom is -0.463 e. The Morgan fingerprint density at radius 1 is 0.885 bits per heavy atom. The minimum atomic E-state index is -1.10. The first-order valence-corrected chi connectivity index (χ1v) is 10.3. The second-order valence-corrected chi connectivity index (χ2v) is 7.09. The van der Waals surface area contributed by atoms with Crippen molar-refractivity contribution in [2.45, 2.75) is 103 Å². The molecule has 0 aromatic rings. The molecule has 0 aromatic heterocycles. The maximum absolute atomic E-state index is 11.7. The number of unbranched alkanes of at least 4 members (excludes halogenated alkanes) is 9. The first kappa shape index (κ1) is 25.3. The molecule has 6 nitrogen and oxygen atoms in total.